The van der Waals surface area contributed by atoms with E-state index >= 15 is 0 Å². The number of amides is 1. The Morgan fingerprint density at radius 2 is 1.97 bits per heavy atom. The molecular formula is C22H19Cl2N3O2. The summed E-state index contributed by atoms with van der Waals surface area (Å²) in [4.78, 5) is 15.2. The van der Waals surface area contributed by atoms with E-state index in [4.69, 9.17) is 27.9 Å². The molecule has 2 aromatic carbocycles. The van der Waals surface area contributed by atoms with Gasteiger partial charge in [-0.1, -0.05) is 59.6 Å². The predicted octanol–water partition coefficient (Wildman–Crippen LogP) is 5.11. The fourth-order valence-electron chi connectivity index (χ4n) is 4.24. The van der Waals surface area contributed by atoms with E-state index in [0.29, 0.717) is 22.3 Å². The number of H-pyrrole nitrogens is 1. The minimum Gasteiger partial charge on any atom is -0.376 e. The third-order valence-electron chi connectivity index (χ3n) is 5.59. The molecule has 148 valence electrons. The van der Waals surface area contributed by atoms with Crippen molar-refractivity contribution < 1.29 is 9.53 Å². The molecule has 0 saturated carbocycles. The second-order valence-electron chi connectivity index (χ2n) is 7.40. The van der Waals surface area contributed by atoms with E-state index in [2.05, 4.69) is 10.2 Å². The van der Waals surface area contributed by atoms with Gasteiger partial charge in [-0.3, -0.25) is 9.89 Å². The molecule has 3 aromatic rings. The van der Waals surface area contributed by atoms with Crippen LogP contribution in [0, 0.1) is 0 Å². The molecule has 2 aliphatic heterocycles. The molecule has 2 unspecified atom stereocenters. The van der Waals surface area contributed by atoms with Crippen molar-refractivity contribution in [2.24, 2.45) is 0 Å². The summed E-state index contributed by atoms with van der Waals surface area (Å²) >= 11 is 12.5. The van der Waals surface area contributed by atoms with Crippen LogP contribution in [-0.2, 0) is 4.74 Å². The summed E-state index contributed by atoms with van der Waals surface area (Å²) in [7, 11) is 0. The Kier molecular flexibility index (Phi) is 4.82. The van der Waals surface area contributed by atoms with Crippen molar-refractivity contribution in [3.63, 3.8) is 0 Å². The Bertz CT molecular complexity index is 1060. The van der Waals surface area contributed by atoms with Gasteiger partial charge >= 0.3 is 0 Å². The van der Waals surface area contributed by atoms with Gasteiger partial charge in [0.15, 0.2) is 0 Å². The molecular weight excluding hydrogens is 409 g/mol. The monoisotopic (exact) mass is 427 g/mol. The number of nitrogens with one attached hydrogen (secondary N) is 1. The van der Waals surface area contributed by atoms with Crippen molar-refractivity contribution in [1.82, 2.24) is 15.1 Å². The third-order valence-corrected chi connectivity index (χ3v) is 6.33. The summed E-state index contributed by atoms with van der Waals surface area (Å²) < 4.78 is 5.81. The molecule has 0 bridgehead atoms. The van der Waals surface area contributed by atoms with E-state index in [-0.39, 0.29) is 18.1 Å². The summed E-state index contributed by atoms with van der Waals surface area (Å²) in [5.41, 5.74) is 4.04. The highest BCUT2D eigenvalue weighted by Crippen LogP contribution is 2.44. The first-order valence-electron chi connectivity index (χ1n) is 9.64. The highest BCUT2D eigenvalue weighted by molar-refractivity contribution is 6.42. The smallest absolute Gasteiger partial charge is 0.273 e. The van der Waals surface area contributed by atoms with Gasteiger partial charge in [-0.15, -0.1) is 0 Å². The van der Waals surface area contributed by atoms with Gasteiger partial charge in [0, 0.05) is 24.3 Å². The average Bonchev–Trinajstić information content (AvgIpc) is 3.45. The number of carbonyl (C=O) groups excluding carboxylic acids is 1. The third kappa shape index (κ3) is 3.23. The minimum atomic E-state index is -0.301. The van der Waals surface area contributed by atoms with Crippen LogP contribution in [-0.4, -0.2) is 40.3 Å². The van der Waals surface area contributed by atoms with Crippen molar-refractivity contribution in [3.8, 4) is 11.3 Å². The number of rotatable bonds is 4. The second-order valence-corrected chi connectivity index (χ2v) is 8.21. The maximum atomic E-state index is 13.3. The van der Waals surface area contributed by atoms with Crippen molar-refractivity contribution in [1.29, 1.82) is 0 Å². The molecule has 5 nitrogen and oxygen atoms in total. The Hall–Kier alpha value is -2.34. The van der Waals surface area contributed by atoms with Crippen LogP contribution in [0.5, 0.6) is 0 Å². The summed E-state index contributed by atoms with van der Waals surface area (Å²) in [5, 5.41) is 8.40. The van der Waals surface area contributed by atoms with Gasteiger partial charge < -0.3 is 9.64 Å². The second kappa shape index (κ2) is 7.48. The fourth-order valence-corrected chi connectivity index (χ4v) is 4.54. The van der Waals surface area contributed by atoms with Gasteiger partial charge in [-0.25, -0.2) is 0 Å². The van der Waals surface area contributed by atoms with Crippen LogP contribution in [0.2, 0.25) is 10.0 Å². The molecule has 1 amide bonds. The van der Waals surface area contributed by atoms with E-state index in [9.17, 15) is 4.79 Å². The van der Waals surface area contributed by atoms with Gasteiger partial charge in [0.2, 0.25) is 0 Å². The van der Waals surface area contributed by atoms with Crippen LogP contribution in [0.15, 0.2) is 48.5 Å². The fraction of sp³-hybridized carbons (Fsp3) is 0.273. The van der Waals surface area contributed by atoms with Gasteiger partial charge in [0.1, 0.15) is 5.69 Å². The van der Waals surface area contributed by atoms with Crippen LogP contribution in [0.3, 0.4) is 0 Å². The molecule has 1 N–H and O–H groups in total. The van der Waals surface area contributed by atoms with E-state index in [0.717, 1.165) is 41.8 Å². The summed E-state index contributed by atoms with van der Waals surface area (Å²) in [6.07, 6.45) is 2.02. The molecule has 1 fully saturated rings. The Labute approximate surface area is 178 Å². The lowest BCUT2D eigenvalue weighted by atomic mass is 9.96. The molecule has 1 saturated heterocycles. The van der Waals surface area contributed by atoms with Gasteiger partial charge in [0.05, 0.1) is 27.9 Å². The van der Waals surface area contributed by atoms with E-state index < -0.39 is 0 Å². The molecule has 0 radical (unpaired) electrons. The molecule has 7 heteroatoms. The lowest BCUT2D eigenvalue weighted by Crippen LogP contribution is -2.36. The number of hydrogen-bond donors (Lipinski definition) is 1. The van der Waals surface area contributed by atoms with Crippen LogP contribution < -0.4 is 0 Å². The SMILES string of the molecule is O=C1c2[nH]nc(-c3ccccc3)c2C(c2ccc(Cl)c(Cl)c2)N1CC1CCCO1. The normalized spacial score (nSPS) is 21.0. The summed E-state index contributed by atoms with van der Waals surface area (Å²) in [5.74, 6) is -0.0683. The standard InChI is InChI=1S/C22H19Cl2N3O2/c23-16-9-8-14(11-17(16)24)21-18-19(13-5-2-1-3-6-13)25-26-20(18)22(28)27(21)12-15-7-4-10-29-15/h1-3,5-6,8-9,11,15,21H,4,7,10,12H2,(H,25,26). The van der Waals surface area contributed by atoms with Crippen LogP contribution >= 0.6 is 23.2 Å². The number of hydrogen-bond acceptors (Lipinski definition) is 3. The van der Waals surface area contributed by atoms with Gasteiger partial charge in [0.25, 0.3) is 5.91 Å². The zero-order valence-electron chi connectivity index (χ0n) is 15.6. The van der Waals surface area contributed by atoms with Gasteiger partial charge in [-0.2, -0.15) is 5.10 Å². The predicted molar refractivity (Wildman–Crippen MR) is 112 cm³/mol. The number of halogens is 2. The van der Waals surface area contributed by atoms with E-state index in [1.54, 1.807) is 6.07 Å². The maximum absolute atomic E-state index is 13.3. The van der Waals surface area contributed by atoms with Crippen molar-refractivity contribution in [3.05, 3.63) is 75.4 Å². The van der Waals surface area contributed by atoms with Crippen LogP contribution in [0.4, 0.5) is 0 Å². The first kappa shape index (κ1) is 18.7. The Morgan fingerprint density at radius 1 is 1.14 bits per heavy atom. The first-order chi connectivity index (χ1) is 14.1. The lowest BCUT2D eigenvalue weighted by molar-refractivity contribution is 0.0495. The van der Waals surface area contributed by atoms with Crippen molar-refractivity contribution in [2.45, 2.75) is 25.0 Å². The molecule has 3 heterocycles. The first-order valence-corrected chi connectivity index (χ1v) is 10.4. The topological polar surface area (TPSA) is 58.2 Å². The van der Waals surface area contributed by atoms with Crippen molar-refractivity contribution in [2.75, 3.05) is 13.2 Å². The number of ether oxygens (including phenoxy) is 1. The lowest BCUT2D eigenvalue weighted by Gasteiger charge is -2.28. The number of aromatic amines is 1. The number of carbonyl (C=O) groups is 1. The molecule has 5 rings (SSSR count). The number of fused-ring (bicyclic) bond motifs is 1. The molecule has 2 aliphatic rings. The van der Waals surface area contributed by atoms with Crippen molar-refractivity contribution >= 4 is 29.1 Å². The Balaban J connectivity index is 1.64. The zero-order valence-corrected chi connectivity index (χ0v) is 17.1. The Morgan fingerprint density at radius 3 is 2.69 bits per heavy atom. The van der Waals surface area contributed by atoms with Crippen LogP contribution in [0.1, 0.15) is 40.5 Å². The molecule has 1 aromatic heterocycles. The quantitative estimate of drug-likeness (QED) is 0.629. The summed E-state index contributed by atoms with van der Waals surface area (Å²) in [6.45, 7) is 1.27. The average molecular weight is 428 g/mol. The van der Waals surface area contributed by atoms with E-state index in [1.807, 2.05) is 47.4 Å². The molecule has 0 spiro atoms. The zero-order chi connectivity index (χ0) is 20.0. The highest BCUT2D eigenvalue weighted by Gasteiger charge is 2.43. The number of benzene rings is 2. The molecule has 2 atom stereocenters. The summed E-state index contributed by atoms with van der Waals surface area (Å²) in [6, 6.07) is 15.1. The van der Waals surface area contributed by atoms with Gasteiger partial charge in [-0.05, 0) is 30.5 Å². The maximum Gasteiger partial charge on any atom is 0.273 e. The van der Waals surface area contributed by atoms with E-state index in [1.165, 1.54) is 0 Å². The van der Waals surface area contributed by atoms with Crippen LogP contribution in [0.25, 0.3) is 11.3 Å². The largest absolute Gasteiger partial charge is 0.376 e. The number of nitrogens with zero attached hydrogens (tertiary/aromatic N) is 2. The minimum absolute atomic E-state index is 0.0429. The highest BCUT2D eigenvalue weighted by atomic mass is 35.5. The molecule has 0 aliphatic carbocycles. The number of aromatic nitrogens is 2. The molecule has 29 heavy (non-hydrogen) atoms.